The highest BCUT2D eigenvalue weighted by atomic mass is 16.4. The zero-order valence-electron chi connectivity index (χ0n) is 10.4. The first-order chi connectivity index (χ1) is 8.99. The van der Waals surface area contributed by atoms with Crippen LogP contribution in [0.25, 0.3) is 0 Å². The predicted octanol–water partition coefficient (Wildman–Crippen LogP) is -1.55. The van der Waals surface area contributed by atoms with Gasteiger partial charge in [-0.3, -0.25) is 4.79 Å². The Morgan fingerprint density at radius 2 is 2.16 bits per heavy atom. The number of aliphatic carboxylic acids is 1. The molecule has 2 aliphatic rings. The van der Waals surface area contributed by atoms with Crippen molar-refractivity contribution in [3.8, 4) is 0 Å². The molecule has 3 amide bonds. The minimum Gasteiger partial charge on any atom is -0.479 e. The average Bonchev–Trinajstić information content (AvgIpc) is 2.76. The van der Waals surface area contributed by atoms with Gasteiger partial charge in [0, 0.05) is 32.1 Å². The number of fused-ring (bicyclic) bond motifs is 1. The van der Waals surface area contributed by atoms with Gasteiger partial charge in [-0.05, 0) is 6.42 Å². The highest BCUT2D eigenvalue weighted by Crippen LogP contribution is 2.22. The van der Waals surface area contributed by atoms with Gasteiger partial charge in [0.2, 0.25) is 5.91 Å². The van der Waals surface area contributed by atoms with E-state index < -0.39 is 18.1 Å². The van der Waals surface area contributed by atoms with E-state index in [0.717, 1.165) is 6.42 Å². The fourth-order valence-electron chi connectivity index (χ4n) is 2.43. The van der Waals surface area contributed by atoms with Crippen molar-refractivity contribution in [3.05, 3.63) is 0 Å². The van der Waals surface area contributed by atoms with E-state index in [1.807, 2.05) is 0 Å². The van der Waals surface area contributed by atoms with Gasteiger partial charge in [0.05, 0.1) is 6.54 Å². The molecule has 106 valence electrons. The molecular formula is C11H17N3O5. The summed E-state index contributed by atoms with van der Waals surface area (Å²) in [6, 6.07) is -0.337. The number of carboxylic acids is 1. The number of aliphatic hydroxyl groups excluding tert-OH is 1. The highest BCUT2D eigenvalue weighted by molar-refractivity contribution is 5.80. The predicted molar refractivity (Wildman–Crippen MR) is 63.3 cm³/mol. The number of rotatable bonds is 3. The van der Waals surface area contributed by atoms with Crippen LogP contribution in [0, 0.1) is 0 Å². The number of urea groups is 1. The van der Waals surface area contributed by atoms with Gasteiger partial charge in [-0.2, -0.15) is 0 Å². The molecule has 2 heterocycles. The van der Waals surface area contributed by atoms with Crippen LogP contribution in [0.2, 0.25) is 0 Å². The number of nitrogens with one attached hydrogen (secondary N) is 1. The Morgan fingerprint density at radius 3 is 2.84 bits per heavy atom. The number of hydrogen-bond acceptors (Lipinski definition) is 4. The number of carbonyl (C=O) groups excluding carboxylic acids is 2. The number of carboxylic acid groups (broad SMARTS) is 1. The summed E-state index contributed by atoms with van der Waals surface area (Å²) >= 11 is 0. The molecule has 2 saturated heterocycles. The molecule has 3 N–H and O–H groups in total. The van der Waals surface area contributed by atoms with Crippen LogP contribution < -0.4 is 5.32 Å². The second kappa shape index (κ2) is 5.43. The zero-order valence-corrected chi connectivity index (χ0v) is 10.4. The molecule has 2 atom stereocenters. The maximum absolute atomic E-state index is 11.8. The first-order valence-electron chi connectivity index (χ1n) is 6.22. The molecular weight excluding hydrogens is 254 g/mol. The van der Waals surface area contributed by atoms with Crippen LogP contribution in [0.3, 0.4) is 0 Å². The smallest absolute Gasteiger partial charge is 0.334 e. The van der Waals surface area contributed by atoms with Crippen molar-refractivity contribution < 1.29 is 24.6 Å². The van der Waals surface area contributed by atoms with Crippen LogP contribution in [0.5, 0.6) is 0 Å². The van der Waals surface area contributed by atoms with Gasteiger partial charge < -0.3 is 25.3 Å². The van der Waals surface area contributed by atoms with E-state index in [9.17, 15) is 14.4 Å². The Labute approximate surface area is 110 Å². The van der Waals surface area contributed by atoms with Gasteiger partial charge in [-0.25, -0.2) is 9.59 Å². The molecule has 0 aromatic rings. The zero-order chi connectivity index (χ0) is 14.0. The van der Waals surface area contributed by atoms with Crippen molar-refractivity contribution in [3.63, 3.8) is 0 Å². The lowest BCUT2D eigenvalue weighted by Crippen LogP contribution is -2.56. The van der Waals surface area contributed by atoms with E-state index in [2.05, 4.69) is 5.32 Å². The molecule has 0 aromatic heterocycles. The van der Waals surface area contributed by atoms with E-state index >= 15 is 0 Å². The average molecular weight is 271 g/mol. The normalized spacial score (nSPS) is 24.1. The van der Waals surface area contributed by atoms with Crippen molar-refractivity contribution in [1.29, 1.82) is 0 Å². The molecule has 1 unspecified atom stereocenters. The number of amides is 3. The van der Waals surface area contributed by atoms with Gasteiger partial charge in [0.15, 0.2) is 6.10 Å². The SMILES string of the molecule is O=C(O)[C@@H](O)CNC(=O)N1CCN2C(=O)CCC2C1. The highest BCUT2D eigenvalue weighted by Gasteiger charge is 2.36. The van der Waals surface area contributed by atoms with Crippen molar-refractivity contribution in [2.24, 2.45) is 0 Å². The Kier molecular flexibility index (Phi) is 3.89. The summed E-state index contributed by atoms with van der Waals surface area (Å²) in [5.74, 6) is -1.24. The van der Waals surface area contributed by atoms with Crippen molar-refractivity contribution in [2.75, 3.05) is 26.2 Å². The molecule has 0 bridgehead atoms. The van der Waals surface area contributed by atoms with Crippen LogP contribution in [0.1, 0.15) is 12.8 Å². The first kappa shape index (κ1) is 13.6. The maximum Gasteiger partial charge on any atom is 0.334 e. The van der Waals surface area contributed by atoms with E-state index in [0.29, 0.717) is 26.1 Å². The number of piperazine rings is 1. The summed E-state index contributed by atoms with van der Waals surface area (Å²) < 4.78 is 0. The molecule has 0 aromatic carbocycles. The molecule has 19 heavy (non-hydrogen) atoms. The van der Waals surface area contributed by atoms with Crippen LogP contribution in [0.15, 0.2) is 0 Å². The second-order valence-electron chi connectivity index (χ2n) is 4.77. The quantitative estimate of drug-likeness (QED) is 0.575. The Bertz CT molecular complexity index is 400. The summed E-state index contributed by atoms with van der Waals surface area (Å²) in [5.41, 5.74) is 0. The van der Waals surface area contributed by atoms with Crippen LogP contribution in [0.4, 0.5) is 4.79 Å². The molecule has 0 spiro atoms. The lowest BCUT2D eigenvalue weighted by molar-refractivity contribution is -0.146. The maximum atomic E-state index is 11.8. The van der Waals surface area contributed by atoms with Crippen LogP contribution in [-0.4, -0.2) is 76.2 Å². The van der Waals surface area contributed by atoms with Gasteiger partial charge in [0.1, 0.15) is 0 Å². The fraction of sp³-hybridized carbons (Fsp3) is 0.727. The molecule has 0 aliphatic carbocycles. The summed E-state index contributed by atoms with van der Waals surface area (Å²) in [4.78, 5) is 37.0. The van der Waals surface area contributed by atoms with Crippen molar-refractivity contribution >= 4 is 17.9 Å². The summed E-state index contributed by atoms with van der Waals surface area (Å²) in [7, 11) is 0. The molecule has 2 rings (SSSR count). The number of carbonyl (C=O) groups is 3. The lowest BCUT2D eigenvalue weighted by atomic mass is 10.1. The topological polar surface area (TPSA) is 110 Å². The molecule has 2 aliphatic heterocycles. The fourth-order valence-corrected chi connectivity index (χ4v) is 2.43. The third-order valence-electron chi connectivity index (χ3n) is 3.51. The second-order valence-corrected chi connectivity index (χ2v) is 4.77. The Morgan fingerprint density at radius 1 is 1.42 bits per heavy atom. The summed E-state index contributed by atoms with van der Waals surface area (Å²) in [6.07, 6.45) is -0.323. The van der Waals surface area contributed by atoms with Gasteiger partial charge in [0.25, 0.3) is 0 Å². The molecule has 0 radical (unpaired) electrons. The van der Waals surface area contributed by atoms with E-state index in [4.69, 9.17) is 10.2 Å². The van der Waals surface area contributed by atoms with Crippen LogP contribution >= 0.6 is 0 Å². The largest absolute Gasteiger partial charge is 0.479 e. The Balaban J connectivity index is 1.81. The van der Waals surface area contributed by atoms with Crippen molar-refractivity contribution in [1.82, 2.24) is 15.1 Å². The molecule has 0 saturated carbocycles. The van der Waals surface area contributed by atoms with E-state index in [1.165, 1.54) is 0 Å². The molecule has 8 nitrogen and oxygen atoms in total. The lowest BCUT2D eigenvalue weighted by Gasteiger charge is -2.37. The minimum atomic E-state index is -1.60. The van der Waals surface area contributed by atoms with Gasteiger partial charge in [-0.1, -0.05) is 0 Å². The molecule has 2 fully saturated rings. The van der Waals surface area contributed by atoms with Gasteiger partial charge >= 0.3 is 12.0 Å². The monoisotopic (exact) mass is 271 g/mol. The molecule has 8 heteroatoms. The minimum absolute atomic E-state index is 0.0661. The third-order valence-corrected chi connectivity index (χ3v) is 3.51. The number of aliphatic hydroxyl groups is 1. The summed E-state index contributed by atoms with van der Waals surface area (Å²) in [5, 5.41) is 19.9. The van der Waals surface area contributed by atoms with E-state index in [-0.39, 0.29) is 18.5 Å². The van der Waals surface area contributed by atoms with E-state index in [1.54, 1.807) is 9.80 Å². The number of hydrogen-bond donors (Lipinski definition) is 3. The first-order valence-corrected chi connectivity index (χ1v) is 6.22. The van der Waals surface area contributed by atoms with Crippen LogP contribution in [-0.2, 0) is 9.59 Å². The van der Waals surface area contributed by atoms with Crippen molar-refractivity contribution in [2.45, 2.75) is 25.0 Å². The standard InChI is InChI=1S/C11H17N3O5/c15-8(10(17)18)5-12-11(19)13-3-4-14-7(6-13)1-2-9(14)16/h7-8,15H,1-6H2,(H,12,19)(H,17,18)/t7?,8-/m0/s1. The number of nitrogens with zero attached hydrogens (tertiary/aromatic N) is 2. The summed E-state index contributed by atoms with van der Waals surface area (Å²) in [6.45, 7) is 1.08. The third kappa shape index (κ3) is 2.95. The van der Waals surface area contributed by atoms with Gasteiger partial charge in [-0.15, -0.1) is 0 Å². The Hall–Kier alpha value is -1.83.